The van der Waals surface area contributed by atoms with Crippen molar-refractivity contribution in [1.82, 2.24) is 4.90 Å². The quantitative estimate of drug-likeness (QED) is 0.696. The third kappa shape index (κ3) is 5.02. The Labute approximate surface area is 103 Å². The van der Waals surface area contributed by atoms with Gasteiger partial charge < -0.3 is 9.84 Å². The minimum atomic E-state index is 0.191. The van der Waals surface area contributed by atoms with Crippen LogP contribution in [-0.2, 0) is 6.42 Å². The molecule has 0 bridgehead atoms. The maximum absolute atomic E-state index is 8.94. The number of hydrogen-bond acceptors (Lipinski definition) is 3. The topological polar surface area (TPSA) is 32.7 Å². The third-order valence-corrected chi connectivity index (χ3v) is 2.68. The zero-order valence-electron chi connectivity index (χ0n) is 10.4. The Hall–Kier alpha value is -1.32. The number of rotatable bonds is 8. The van der Waals surface area contributed by atoms with Gasteiger partial charge in [-0.3, -0.25) is 4.90 Å². The van der Waals surface area contributed by atoms with Crippen LogP contribution < -0.4 is 4.74 Å². The van der Waals surface area contributed by atoms with Crippen LogP contribution in [0, 0.1) is 0 Å². The number of ether oxygens (including phenoxy) is 1. The van der Waals surface area contributed by atoms with Crippen molar-refractivity contribution in [2.75, 3.05) is 33.4 Å². The molecule has 0 unspecified atom stereocenters. The normalized spacial score (nSPS) is 10.5. The van der Waals surface area contributed by atoms with E-state index in [9.17, 15) is 0 Å². The van der Waals surface area contributed by atoms with Gasteiger partial charge in [0.25, 0.3) is 0 Å². The van der Waals surface area contributed by atoms with Crippen LogP contribution in [0.15, 0.2) is 36.9 Å². The Morgan fingerprint density at radius 3 is 2.53 bits per heavy atom. The third-order valence-electron chi connectivity index (χ3n) is 2.68. The molecule has 3 heteroatoms. The molecule has 0 aliphatic rings. The summed E-state index contributed by atoms with van der Waals surface area (Å²) in [5, 5.41) is 8.94. The number of benzene rings is 1. The molecule has 0 saturated heterocycles. The van der Waals surface area contributed by atoms with Crippen molar-refractivity contribution >= 4 is 0 Å². The molecule has 0 aliphatic carbocycles. The van der Waals surface area contributed by atoms with Crippen molar-refractivity contribution in [2.24, 2.45) is 0 Å². The van der Waals surface area contributed by atoms with Gasteiger partial charge in [-0.05, 0) is 24.1 Å². The summed E-state index contributed by atoms with van der Waals surface area (Å²) < 4.78 is 5.12. The van der Waals surface area contributed by atoms with E-state index in [0.29, 0.717) is 6.54 Å². The first kappa shape index (κ1) is 13.7. The van der Waals surface area contributed by atoms with Gasteiger partial charge in [0.2, 0.25) is 0 Å². The second kappa shape index (κ2) is 7.87. The zero-order valence-corrected chi connectivity index (χ0v) is 10.4. The second-order valence-electron chi connectivity index (χ2n) is 3.91. The molecule has 0 fully saturated rings. The monoisotopic (exact) mass is 235 g/mol. The molecule has 1 rings (SSSR count). The van der Waals surface area contributed by atoms with E-state index in [2.05, 4.69) is 23.6 Å². The van der Waals surface area contributed by atoms with Crippen LogP contribution >= 0.6 is 0 Å². The van der Waals surface area contributed by atoms with Gasteiger partial charge in [0.05, 0.1) is 13.7 Å². The molecule has 0 aliphatic heterocycles. The summed E-state index contributed by atoms with van der Waals surface area (Å²) in [7, 11) is 1.67. The molecule has 0 radical (unpaired) electrons. The van der Waals surface area contributed by atoms with Crippen LogP contribution in [0.1, 0.15) is 5.56 Å². The highest BCUT2D eigenvalue weighted by Crippen LogP contribution is 2.11. The SMILES string of the molecule is C=CCN(CCO)CCc1ccc(OC)cc1. The molecule has 0 spiro atoms. The smallest absolute Gasteiger partial charge is 0.118 e. The lowest BCUT2D eigenvalue weighted by Crippen LogP contribution is -2.29. The fraction of sp³-hybridized carbons (Fsp3) is 0.429. The van der Waals surface area contributed by atoms with Gasteiger partial charge in [-0.1, -0.05) is 18.2 Å². The Morgan fingerprint density at radius 1 is 1.29 bits per heavy atom. The number of hydrogen-bond donors (Lipinski definition) is 1. The molecule has 94 valence electrons. The maximum Gasteiger partial charge on any atom is 0.118 e. The highest BCUT2D eigenvalue weighted by Gasteiger charge is 2.02. The first-order valence-electron chi connectivity index (χ1n) is 5.87. The fourth-order valence-electron chi connectivity index (χ4n) is 1.70. The first-order valence-corrected chi connectivity index (χ1v) is 5.87. The molecular formula is C14H21NO2. The molecule has 0 aromatic heterocycles. The van der Waals surface area contributed by atoms with E-state index < -0.39 is 0 Å². The lowest BCUT2D eigenvalue weighted by molar-refractivity contribution is 0.210. The Morgan fingerprint density at radius 2 is 2.00 bits per heavy atom. The fourth-order valence-corrected chi connectivity index (χ4v) is 1.70. The first-order chi connectivity index (χ1) is 8.30. The lowest BCUT2D eigenvalue weighted by atomic mass is 10.1. The average Bonchev–Trinajstić information content (AvgIpc) is 2.37. The molecule has 0 heterocycles. The molecule has 0 atom stereocenters. The maximum atomic E-state index is 8.94. The van der Waals surface area contributed by atoms with E-state index in [0.717, 1.165) is 25.3 Å². The Bertz CT molecular complexity index is 321. The predicted molar refractivity (Wildman–Crippen MR) is 70.4 cm³/mol. The van der Waals surface area contributed by atoms with Gasteiger partial charge in [0.15, 0.2) is 0 Å². The molecule has 1 N–H and O–H groups in total. The van der Waals surface area contributed by atoms with E-state index in [1.807, 2.05) is 18.2 Å². The van der Waals surface area contributed by atoms with E-state index >= 15 is 0 Å². The Balaban J connectivity index is 2.43. The lowest BCUT2D eigenvalue weighted by Gasteiger charge is -2.19. The predicted octanol–water partition coefficient (Wildman–Crippen LogP) is 1.72. The summed E-state index contributed by atoms with van der Waals surface area (Å²) in [4.78, 5) is 2.18. The highest BCUT2D eigenvalue weighted by atomic mass is 16.5. The van der Waals surface area contributed by atoms with Gasteiger partial charge in [0, 0.05) is 19.6 Å². The molecule has 0 amide bonds. The average molecular weight is 235 g/mol. The molecule has 17 heavy (non-hydrogen) atoms. The number of nitrogens with zero attached hydrogens (tertiary/aromatic N) is 1. The van der Waals surface area contributed by atoms with Crippen LogP contribution in [0.4, 0.5) is 0 Å². The van der Waals surface area contributed by atoms with Gasteiger partial charge in [-0.15, -0.1) is 6.58 Å². The standard InChI is InChI=1S/C14H21NO2/c1-3-9-15(11-12-16)10-8-13-4-6-14(17-2)7-5-13/h3-7,16H,1,8-12H2,2H3. The van der Waals surface area contributed by atoms with Crippen LogP contribution in [-0.4, -0.2) is 43.4 Å². The zero-order chi connectivity index (χ0) is 12.5. The van der Waals surface area contributed by atoms with Crippen molar-refractivity contribution in [3.63, 3.8) is 0 Å². The van der Waals surface area contributed by atoms with E-state index in [1.165, 1.54) is 5.56 Å². The summed E-state index contributed by atoms with van der Waals surface area (Å²) in [5.41, 5.74) is 1.28. The summed E-state index contributed by atoms with van der Waals surface area (Å²) in [6.07, 6.45) is 2.83. The van der Waals surface area contributed by atoms with Gasteiger partial charge >= 0.3 is 0 Å². The molecule has 3 nitrogen and oxygen atoms in total. The largest absolute Gasteiger partial charge is 0.497 e. The van der Waals surface area contributed by atoms with Crippen molar-refractivity contribution in [3.05, 3.63) is 42.5 Å². The van der Waals surface area contributed by atoms with Gasteiger partial charge in [0.1, 0.15) is 5.75 Å². The van der Waals surface area contributed by atoms with Crippen molar-refractivity contribution in [3.8, 4) is 5.75 Å². The van der Waals surface area contributed by atoms with Crippen LogP contribution in [0.2, 0.25) is 0 Å². The number of aliphatic hydroxyl groups is 1. The van der Waals surface area contributed by atoms with Crippen molar-refractivity contribution < 1.29 is 9.84 Å². The second-order valence-corrected chi connectivity index (χ2v) is 3.91. The summed E-state index contributed by atoms with van der Waals surface area (Å²) in [6.45, 7) is 6.35. The van der Waals surface area contributed by atoms with E-state index in [-0.39, 0.29) is 6.61 Å². The summed E-state index contributed by atoms with van der Waals surface area (Å²) in [5.74, 6) is 0.882. The minimum Gasteiger partial charge on any atom is -0.497 e. The number of aliphatic hydroxyl groups excluding tert-OH is 1. The van der Waals surface area contributed by atoms with Gasteiger partial charge in [-0.25, -0.2) is 0 Å². The highest BCUT2D eigenvalue weighted by molar-refractivity contribution is 5.27. The van der Waals surface area contributed by atoms with E-state index in [4.69, 9.17) is 9.84 Å². The van der Waals surface area contributed by atoms with Gasteiger partial charge in [-0.2, -0.15) is 0 Å². The molecular weight excluding hydrogens is 214 g/mol. The van der Waals surface area contributed by atoms with Crippen LogP contribution in [0.25, 0.3) is 0 Å². The molecule has 1 aromatic carbocycles. The minimum absolute atomic E-state index is 0.191. The van der Waals surface area contributed by atoms with E-state index in [1.54, 1.807) is 7.11 Å². The summed E-state index contributed by atoms with van der Waals surface area (Å²) >= 11 is 0. The molecule has 1 aromatic rings. The van der Waals surface area contributed by atoms with Crippen molar-refractivity contribution in [1.29, 1.82) is 0 Å². The van der Waals surface area contributed by atoms with Crippen LogP contribution in [0.3, 0.4) is 0 Å². The summed E-state index contributed by atoms with van der Waals surface area (Å²) in [6, 6.07) is 8.09. The Kier molecular flexibility index (Phi) is 6.37. The van der Waals surface area contributed by atoms with Crippen LogP contribution in [0.5, 0.6) is 5.75 Å². The van der Waals surface area contributed by atoms with Crippen molar-refractivity contribution in [2.45, 2.75) is 6.42 Å². The molecule has 0 saturated carbocycles. The number of methoxy groups -OCH3 is 1.